The van der Waals surface area contributed by atoms with Crippen LogP contribution in [0, 0.1) is 12.7 Å². The SMILES string of the molecule is Cc1cc2c(-c3ccccc3)c(-c3ccccc3)oc2cc1F. The van der Waals surface area contributed by atoms with Gasteiger partial charge in [-0.05, 0) is 24.1 Å². The Morgan fingerprint density at radius 1 is 0.783 bits per heavy atom. The molecule has 1 heterocycles. The van der Waals surface area contributed by atoms with Crippen LogP contribution in [-0.2, 0) is 0 Å². The number of halogens is 1. The van der Waals surface area contributed by atoms with Crippen LogP contribution in [0.3, 0.4) is 0 Å². The standard InChI is InChI=1S/C21H15FO/c1-14-12-17-19(13-18(14)22)23-21(16-10-6-3-7-11-16)20(17)15-8-4-2-5-9-15/h2-13H,1H3. The van der Waals surface area contributed by atoms with Gasteiger partial charge in [0, 0.05) is 22.6 Å². The molecule has 0 unspecified atom stereocenters. The first kappa shape index (κ1) is 13.8. The molecule has 0 aliphatic rings. The average molecular weight is 302 g/mol. The minimum Gasteiger partial charge on any atom is -0.455 e. The number of benzene rings is 3. The van der Waals surface area contributed by atoms with Crippen molar-refractivity contribution < 1.29 is 8.81 Å². The van der Waals surface area contributed by atoms with Gasteiger partial charge in [0.05, 0.1) is 0 Å². The first-order chi connectivity index (χ1) is 11.2. The molecule has 0 saturated heterocycles. The zero-order valence-corrected chi connectivity index (χ0v) is 12.7. The molecule has 23 heavy (non-hydrogen) atoms. The van der Waals surface area contributed by atoms with Crippen LogP contribution < -0.4 is 0 Å². The molecule has 0 N–H and O–H groups in total. The third-order valence-electron chi connectivity index (χ3n) is 4.07. The molecule has 0 bridgehead atoms. The van der Waals surface area contributed by atoms with Gasteiger partial charge in [-0.1, -0.05) is 60.7 Å². The van der Waals surface area contributed by atoms with Crippen molar-refractivity contribution in [2.75, 3.05) is 0 Å². The van der Waals surface area contributed by atoms with Crippen molar-refractivity contribution >= 4 is 11.0 Å². The number of aryl methyl sites for hydroxylation is 1. The van der Waals surface area contributed by atoms with Crippen LogP contribution in [0.4, 0.5) is 4.39 Å². The van der Waals surface area contributed by atoms with Gasteiger partial charge in [-0.3, -0.25) is 0 Å². The first-order valence-electron chi connectivity index (χ1n) is 7.57. The third-order valence-corrected chi connectivity index (χ3v) is 4.07. The lowest BCUT2D eigenvalue weighted by Crippen LogP contribution is -1.83. The van der Waals surface area contributed by atoms with Crippen LogP contribution in [0.1, 0.15) is 5.56 Å². The van der Waals surface area contributed by atoms with Gasteiger partial charge in [0.25, 0.3) is 0 Å². The quantitative estimate of drug-likeness (QED) is 0.429. The van der Waals surface area contributed by atoms with E-state index in [-0.39, 0.29) is 5.82 Å². The van der Waals surface area contributed by atoms with Crippen molar-refractivity contribution in [1.29, 1.82) is 0 Å². The van der Waals surface area contributed by atoms with Gasteiger partial charge in [0.15, 0.2) is 0 Å². The van der Waals surface area contributed by atoms with E-state index >= 15 is 0 Å². The zero-order chi connectivity index (χ0) is 15.8. The van der Waals surface area contributed by atoms with E-state index in [1.165, 1.54) is 6.07 Å². The molecule has 0 spiro atoms. The second-order valence-corrected chi connectivity index (χ2v) is 5.64. The van der Waals surface area contributed by atoms with E-state index in [9.17, 15) is 4.39 Å². The van der Waals surface area contributed by atoms with Crippen molar-refractivity contribution in [1.82, 2.24) is 0 Å². The van der Waals surface area contributed by atoms with E-state index in [4.69, 9.17) is 4.42 Å². The van der Waals surface area contributed by atoms with Crippen LogP contribution in [0.5, 0.6) is 0 Å². The molecular formula is C21H15FO. The minimum absolute atomic E-state index is 0.245. The maximum atomic E-state index is 13.9. The molecule has 0 fully saturated rings. The topological polar surface area (TPSA) is 13.1 Å². The highest BCUT2D eigenvalue weighted by Gasteiger charge is 2.18. The maximum Gasteiger partial charge on any atom is 0.143 e. The number of hydrogen-bond donors (Lipinski definition) is 0. The normalized spacial score (nSPS) is 11.0. The predicted molar refractivity (Wildman–Crippen MR) is 91.8 cm³/mol. The second kappa shape index (κ2) is 5.40. The number of fused-ring (bicyclic) bond motifs is 1. The molecule has 2 heteroatoms. The molecule has 0 aliphatic heterocycles. The van der Waals surface area contributed by atoms with Crippen LogP contribution in [0.25, 0.3) is 33.4 Å². The fourth-order valence-electron chi connectivity index (χ4n) is 2.91. The molecule has 4 rings (SSSR count). The minimum atomic E-state index is -0.245. The summed E-state index contributed by atoms with van der Waals surface area (Å²) in [6.07, 6.45) is 0. The molecule has 1 aromatic heterocycles. The van der Waals surface area contributed by atoms with Crippen molar-refractivity contribution in [2.45, 2.75) is 6.92 Å². The average Bonchev–Trinajstić information content (AvgIpc) is 2.95. The van der Waals surface area contributed by atoms with Crippen molar-refractivity contribution in [2.24, 2.45) is 0 Å². The van der Waals surface area contributed by atoms with Gasteiger partial charge in [-0.15, -0.1) is 0 Å². The summed E-state index contributed by atoms with van der Waals surface area (Å²) in [6.45, 7) is 1.78. The van der Waals surface area contributed by atoms with E-state index in [0.717, 1.165) is 27.8 Å². The van der Waals surface area contributed by atoms with Crippen molar-refractivity contribution in [3.8, 4) is 22.5 Å². The Hall–Kier alpha value is -2.87. The monoisotopic (exact) mass is 302 g/mol. The summed E-state index contributed by atoms with van der Waals surface area (Å²) >= 11 is 0. The summed E-state index contributed by atoms with van der Waals surface area (Å²) in [5.41, 5.74) is 4.26. The van der Waals surface area contributed by atoms with Crippen molar-refractivity contribution in [3.05, 3.63) is 84.2 Å². The van der Waals surface area contributed by atoms with Gasteiger partial charge >= 0.3 is 0 Å². The Morgan fingerprint density at radius 3 is 2.04 bits per heavy atom. The van der Waals surface area contributed by atoms with E-state index in [0.29, 0.717) is 11.1 Å². The summed E-state index contributed by atoms with van der Waals surface area (Å²) in [5.74, 6) is 0.530. The number of rotatable bonds is 2. The van der Waals surface area contributed by atoms with E-state index < -0.39 is 0 Å². The molecule has 112 valence electrons. The van der Waals surface area contributed by atoms with E-state index in [2.05, 4.69) is 12.1 Å². The van der Waals surface area contributed by atoms with Gasteiger partial charge in [0.2, 0.25) is 0 Å². The molecule has 4 aromatic rings. The lowest BCUT2D eigenvalue weighted by Gasteiger charge is -2.04. The summed E-state index contributed by atoms with van der Waals surface area (Å²) < 4.78 is 20.0. The third kappa shape index (κ3) is 2.33. The highest BCUT2D eigenvalue weighted by atomic mass is 19.1. The fraction of sp³-hybridized carbons (Fsp3) is 0.0476. The first-order valence-corrected chi connectivity index (χ1v) is 7.57. The Labute approximate surface area is 134 Å². The lowest BCUT2D eigenvalue weighted by molar-refractivity contribution is 0.602. The Balaban J connectivity index is 2.09. The molecule has 1 nitrogen and oxygen atoms in total. The predicted octanol–water partition coefficient (Wildman–Crippen LogP) is 6.21. The Morgan fingerprint density at radius 2 is 1.39 bits per heavy atom. The van der Waals surface area contributed by atoms with Crippen LogP contribution in [0.15, 0.2) is 77.2 Å². The second-order valence-electron chi connectivity index (χ2n) is 5.64. The number of furan rings is 1. The van der Waals surface area contributed by atoms with Gasteiger partial charge < -0.3 is 4.42 Å². The van der Waals surface area contributed by atoms with Gasteiger partial charge in [-0.2, -0.15) is 0 Å². The highest BCUT2D eigenvalue weighted by Crippen LogP contribution is 2.41. The molecular weight excluding hydrogens is 287 g/mol. The largest absolute Gasteiger partial charge is 0.455 e. The summed E-state index contributed by atoms with van der Waals surface area (Å²) in [5, 5.41) is 0.939. The number of hydrogen-bond acceptors (Lipinski definition) is 1. The Bertz CT molecular complexity index is 969. The highest BCUT2D eigenvalue weighted by molar-refractivity contribution is 6.02. The van der Waals surface area contributed by atoms with Crippen molar-refractivity contribution in [3.63, 3.8) is 0 Å². The van der Waals surface area contributed by atoms with Crippen LogP contribution >= 0.6 is 0 Å². The molecule has 3 aromatic carbocycles. The molecule has 0 amide bonds. The van der Waals surface area contributed by atoms with Crippen LogP contribution in [0.2, 0.25) is 0 Å². The zero-order valence-electron chi connectivity index (χ0n) is 12.7. The lowest BCUT2D eigenvalue weighted by atomic mass is 9.98. The molecule has 0 atom stereocenters. The molecule has 0 saturated carbocycles. The summed E-state index contributed by atoms with van der Waals surface area (Å²) in [7, 11) is 0. The Kier molecular flexibility index (Phi) is 3.23. The maximum absolute atomic E-state index is 13.9. The van der Waals surface area contributed by atoms with E-state index in [1.54, 1.807) is 6.92 Å². The van der Waals surface area contributed by atoms with E-state index in [1.807, 2.05) is 54.6 Å². The summed E-state index contributed by atoms with van der Waals surface area (Å²) in [6, 6.07) is 23.4. The molecule has 0 radical (unpaired) electrons. The smallest absolute Gasteiger partial charge is 0.143 e. The van der Waals surface area contributed by atoms with Gasteiger partial charge in [-0.25, -0.2) is 4.39 Å². The van der Waals surface area contributed by atoms with Crippen LogP contribution in [-0.4, -0.2) is 0 Å². The fourth-order valence-corrected chi connectivity index (χ4v) is 2.91. The van der Waals surface area contributed by atoms with Gasteiger partial charge in [0.1, 0.15) is 17.2 Å². The summed E-state index contributed by atoms with van der Waals surface area (Å²) in [4.78, 5) is 0. The molecule has 0 aliphatic carbocycles.